The first-order valence-electron chi connectivity index (χ1n) is 6.03. The molecule has 0 amide bonds. The number of nitrogens with zero attached hydrogens (tertiary/aromatic N) is 4. The fourth-order valence-corrected chi connectivity index (χ4v) is 3.46. The number of aryl methyl sites for hydroxylation is 2. The van der Waals surface area contributed by atoms with Crippen molar-refractivity contribution < 1.29 is 0 Å². The molecule has 3 aromatic rings. The third-order valence-electron chi connectivity index (χ3n) is 2.75. The summed E-state index contributed by atoms with van der Waals surface area (Å²) < 4.78 is 6.00. The number of anilines is 2. The minimum Gasteiger partial charge on any atom is -0.382 e. The van der Waals surface area contributed by atoms with Crippen LogP contribution in [-0.2, 0) is 13.6 Å². The maximum Gasteiger partial charge on any atom is 0.149 e. The second-order valence-electron chi connectivity index (χ2n) is 4.40. The summed E-state index contributed by atoms with van der Waals surface area (Å²) in [6, 6.07) is 1.98. The number of nitrogens with one attached hydrogen (secondary N) is 1. The zero-order valence-corrected chi connectivity index (χ0v) is 12.8. The fourth-order valence-electron chi connectivity index (χ4n) is 1.83. The molecule has 0 fully saturated rings. The molecule has 0 saturated heterocycles. The van der Waals surface area contributed by atoms with Gasteiger partial charge in [0.2, 0.25) is 0 Å². The summed E-state index contributed by atoms with van der Waals surface area (Å²) in [7, 11) is 1.90. The molecule has 0 spiro atoms. The highest BCUT2D eigenvalue weighted by Gasteiger charge is 2.16. The summed E-state index contributed by atoms with van der Waals surface area (Å²) in [5.74, 6) is 0.521. The van der Waals surface area contributed by atoms with E-state index in [1.54, 1.807) is 16.0 Å². The maximum absolute atomic E-state index is 5.96. The average molecular weight is 306 g/mol. The van der Waals surface area contributed by atoms with Gasteiger partial charge in [0.15, 0.2) is 0 Å². The molecule has 3 N–H and O–H groups in total. The molecule has 0 atom stereocenters. The van der Waals surface area contributed by atoms with Crippen LogP contribution < -0.4 is 11.1 Å². The highest BCUT2D eigenvalue weighted by Crippen LogP contribution is 2.38. The standard InChI is InChI=1S/C12H14N6S2/c1-7-6-19-12(15-7)9-10(13)17-20-11(9)14-5-8-3-4-18(2)16-8/h3-4,6,14H,5H2,1-2H3,(H2,13,17). The van der Waals surface area contributed by atoms with E-state index in [1.165, 1.54) is 11.5 Å². The second-order valence-corrected chi connectivity index (χ2v) is 6.03. The molecule has 0 bridgehead atoms. The lowest BCUT2D eigenvalue weighted by atomic mass is 10.3. The van der Waals surface area contributed by atoms with E-state index in [4.69, 9.17) is 5.73 Å². The maximum atomic E-state index is 5.96. The Balaban J connectivity index is 1.83. The van der Waals surface area contributed by atoms with Crippen molar-refractivity contribution in [2.75, 3.05) is 11.1 Å². The monoisotopic (exact) mass is 306 g/mol. The number of rotatable bonds is 4. The van der Waals surface area contributed by atoms with Crippen molar-refractivity contribution in [3.05, 3.63) is 29.0 Å². The third kappa shape index (κ3) is 2.52. The van der Waals surface area contributed by atoms with Gasteiger partial charge in [0.05, 0.1) is 17.8 Å². The van der Waals surface area contributed by atoms with Crippen LogP contribution in [0, 0.1) is 6.92 Å². The van der Waals surface area contributed by atoms with E-state index in [9.17, 15) is 0 Å². The Morgan fingerprint density at radius 2 is 2.30 bits per heavy atom. The summed E-state index contributed by atoms with van der Waals surface area (Å²) in [6.45, 7) is 2.61. The summed E-state index contributed by atoms with van der Waals surface area (Å²) in [6.07, 6.45) is 1.92. The van der Waals surface area contributed by atoms with Crippen LogP contribution in [0.3, 0.4) is 0 Å². The third-order valence-corrected chi connectivity index (χ3v) is 4.55. The van der Waals surface area contributed by atoms with Crippen LogP contribution in [0.25, 0.3) is 10.6 Å². The van der Waals surface area contributed by atoms with Gasteiger partial charge in [-0.15, -0.1) is 11.3 Å². The molecule has 3 heterocycles. The van der Waals surface area contributed by atoms with Gasteiger partial charge in [-0.25, -0.2) is 4.98 Å². The van der Waals surface area contributed by atoms with E-state index in [1.807, 2.05) is 31.6 Å². The quantitative estimate of drug-likeness (QED) is 0.774. The lowest BCUT2D eigenvalue weighted by Crippen LogP contribution is -2.01. The molecule has 0 aliphatic rings. The lowest BCUT2D eigenvalue weighted by Gasteiger charge is -2.03. The fraction of sp³-hybridized carbons (Fsp3) is 0.250. The van der Waals surface area contributed by atoms with Crippen molar-refractivity contribution in [1.29, 1.82) is 0 Å². The molecular weight excluding hydrogens is 292 g/mol. The van der Waals surface area contributed by atoms with Gasteiger partial charge in [0.1, 0.15) is 15.8 Å². The van der Waals surface area contributed by atoms with Gasteiger partial charge in [0, 0.05) is 24.3 Å². The lowest BCUT2D eigenvalue weighted by molar-refractivity contribution is 0.747. The van der Waals surface area contributed by atoms with Crippen molar-refractivity contribution in [3.8, 4) is 10.6 Å². The van der Waals surface area contributed by atoms with Gasteiger partial charge < -0.3 is 11.1 Å². The van der Waals surface area contributed by atoms with Gasteiger partial charge in [0.25, 0.3) is 0 Å². The minimum atomic E-state index is 0.521. The summed E-state index contributed by atoms with van der Waals surface area (Å²) in [4.78, 5) is 4.48. The minimum absolute atomic E-state index is 0.521. The van der Waals surface area contributed by atoms with E-state index >= 15 is 0 Å². The first kappa shape index (κ1) is 13.1. The number of nitrogens with two attached hydrogens (primary N) is 1. The first-order valence-corrected chi connectivity index (χ1v) is 7.69. The number of aromatic nitrogens is 4. The Bertz CT molecular complexity index is 726. The molecule has 0 aliphatic heterocycles. The van der Waals surface area contributed by atoms with Crippen molar-refractivity contribution in [1.82, 2.24) is 19.1 Å². The van der Waals surface area contributed by atoms with Crippen LogP contribution in [-0.4, -0.2) is 19.1 Å². The van der Waals surface area contributed by atoms with Crippen LogP contribution in [0.1, 0.15) is 11.4 Å². The summed E-state index contributed by atoms with van der Waals surface area (Å²) >= 11 is 2.93. The molecule has 0 saturated carbocycles. The van der Waals surface area contributed by atoms with E-state index in [0.29, 0.717) is 12.4 Å². The van der Waals surface area contributed by atoms with Crippen LogP contribution in [0.15, 0.2) is 17.6 Å². The zero-order chi connectivity index (χ0) is 14.1. The van der Waals surface area contributed by atoms with Crippen molar-refractivity contribution in [2.24, 2.45) is 7.05 Å². The summed E-state index contributed by atoms with van der Waals surface area (Å²) in [5.41, 5.74) is 8.82. The number of thiazole rings is 1. The van der Waals surface area contributed by atoms with E-state index in [0.717, 1.165) is 27.0 Å². The topological polar surface area (TPSA) is 81.6 Å². The Morgan fingerprint density at radius 1 is 1.45 bits per heavy atom. The van der Waals surface area contributed by atoms with Crippen LogP contribution in [0.5, 0.6) is 0 Å². The molecule has 0 unspecified atom stereocenters. The van der Waals surface area contributed by atoms with Gasteiger partial charge in [-0.2, -0.15) is 9.47 Å². The number of hydrogen-bond donors (Lipinski definition) is 2. The smallest absolute Gasteiger partial charge is 0.149 e. The molecule has 3 aromatic heterocycles. The molecule has 6 nitrogen and oxygen atoms in total. The Kier molecular flexibility index (Phi) is 3.41. The number of nitrogen functional groups attached to an aromatic ring is 1. The van der Waals surface area contributed by atoms with Crippen molar-refractivity contribution >= 4 is 33.7 Å². The van der Waals surface area contributed by atoms with Crippen LogP contribution >= 0.6 is 22.9 Å². The summed E-state index contributed by atoms with van der Waals surface area (Å²) in [5, 5.41) is 11.5. The Labute approximate surface area is 124 Å². The van der Waals surface area contributed by atoms with Crippen molar-refractivity contribution in [3.63, 3.8) is 0 Å². The van der Waals surface area contributed by atoms with Crippen LogP contribution in [0.4, 0.5) is 10.8 Å². The predicted molar refractivity (Wildman–Crippen MR) is 82.9 cm³/mol. The molecular formula is C12H14N6S2. The SMILES string of the molecule is Cc1csc(-c2c(N)nsc2NCc2ccn(C)n2)n1. The van der Waals surface area contributed by atoms with Crippen molar-refractivity contribution in [2.45, 2.75) is 13.5 Å². The predicted octanol–water partition coefficient (Wildman–Crippen LogP) is 2.50. The normalized spacial score (nSPS) is 10.9. The second kappa shape index (κ2) is 5.22. The Hall–Kier alpha value is -1.93. The molecule has 20 heavy (non-hydrogen) atoms. The molecule has 3 rings (SSSR count). The first-order chi connectivity index (χ1) is 9.63. The van der Waals surface area contributed by atoms with Gasteiger partial charge in [-0.3, -0.25) is 4.68 Å². The van der Waals surface area contributed by atoms with Gasteiger partial charge in [-0.1, -0.05) is 0 Å². The molecule has 0 aromatic carbocycles. The average Bonchev–Trinajstić information content (AvgIpc) is 3.09. The number of hydrogen-bond acceptors (Lipinski definition) is 7. The zero-order valence-electron chi connectivity index (χ0n) is 11.1. The highest BCUT2D eigenvalue weighted by atomic mass is 32.1. The van der Waals surface area contributed by atoms with E-state index < -0.39 is 0 Å². The van der Waals surface area contributed by atoms with E-state index in [-0.39, 0.29) is 0 Å². The van der Waals surface area contributed by atoms with Gasteiger partial charge in [-0.05, 0) is 24.5 Å². The van der Waals surface area contributed by atoms with Crippen LogP contribution in [0.2, 0.25) is 0 Å². The highest BCUT2D eigenvalue weighted by molar-refractivity contribution is 7.15. The molecule has 0 radical (unpaired) electrons. The van der Waals surface area contributed by atoms with Gasteiger partial charge >= 0.3 is 0 Å². The Morgan fingerprint density at radius 3 is 2.95 bits per heavy atom. The molecule has 0 aliphatic carbocycles. The van der Waals surface area contributed by atoms with E-state index in [2.05, 4.69) is 19.8 Å². The molecule has 104 valence electrons. The largest absolute Gasteiger partial charge is 0.382 e. The molecule has 8 heteroatoms.